The summed E-state index contributed by atoms with van der Waals surface area (Å²) in [4.78, 5) is 14.4. The summed E-state index contributed by atoms with van der Waals surface area (Å²) < 4.78 is 22.6. The third kappa shape index (κ3) is 3.06. The Balaban J connectivity index is 1.90. The smallest absolute Gasteiger partial charge is 0.254 e. The Morgan fingerprint density at radius 2 is 1.83 bits per heavy atom. The van der Waals surface area contributed by atoms with Crippen molar-refractivity contribution in [3.8, 4) is 0 Å². The van der Waals surface area contributed by atoms with Crippen molar-refractivity contribution in [2.24, 2.45) is 5.14 Å². The number of carbonyl (C=O) groups excluding carboxylic acids is 1. The van der Waals surface area contributed by atoms with E-state index in [9.17, 15) is 18.3 Å². The zero-order valence-electron chi connectivity index (χ0n) is 12.9. The molecule has 1 aliphatic rings. The highest BCUT2D eigenvalue weighted by atomic mass is 32.2. The highest BCUT2D eigenvalue weighted by Crippen LogP contribution is 2.30. The number of primary sulfonamides is 1. The number of hydrogen-bond acceptors (Lipinski definition) is 4. The van der Waals surface area contributed by atoms with E-state index < -0.39 is 16.1 Å². The van der Waals surface area contributed by atoms with Crippen LogP contribution in [-0.2, 0) is 16.4 Å². The van der Waals surface area contributed by atoms with E-state index in [0.717, 1.165) is 11.1 Å². The first-order chi connectivity index (χ1) is 11.4. The van der Waals surface area contributed by atoms with Gasteiger partial charge in [0.1, 0.15) is 0 Å². The molecule has 3 N–H and O–H groups in total. The predicted molar refractivity (Wildman–Crippen MR) is 88.8 cm³/mol. The summed E-state index contributed by atoms with van der Waals surface area (Å²) in [5, 5.41) is 14.8. The third-order valence-corrected chi connectivity index (χ3v) is 5.21. The molecule has 6 nitrogen and oxygen atoms in total. The normalized spacial score (nSPS) is 17.4. The van der Waals surface area contributed by atoms with Crippen molar-refractivity contribution in [3.63, 3.8) is 0 Å². The largest absolute Gasteiger partial charge is 0.394 e. The molecule has 126 valence electrons. The fourth-order valence-corrected chi connectivity index (χ4v) is 3.56. The summed E-state index contributed by atoms with van der Waals surface area (Å²) in [5.74, 6) is -0.246. The fourth-order valence-electron chi connectivity index (χ4n) is 3.04. The minimum absolute atomic E-state index is 0.0400. The number of sulfonamides is 1. The van der Waals surface area contributed by atoms with Crippen LogP contribution in [0, 0.1) is 0 Å². The van der Waals surface area contributed by atoms with Crippen molar-refractivity contribution >= 4 is 15.9 Å². The quantitative estimate of drug-likeness (QED) is 0.868. The van der Waals surface area contributed by atoms with Gasteiger partial charge in [-0.05, 0) is 41.8 Å². The number of fused-ring (bicyclic) bond motifs is 1. The molecule has 0 fully saturated rings. The monoisotopic (exact) mass is 346 g/mol. The molecule has 0 saturated carbocycles. The van der Waals surface area contributed by atoms with Crippen LogP contribution >= 0.6 is 0 Å². The van der Waals surface area contributed by atoms with Gasteiger partial charge >= 0.3 is 0 Å². The molecule has 7 heteroatoms. The molecule has 24 heavy (non-hydrogen) atoms. The standard InChI is InChI=1S/C17H18N2O4S/c18-24(22,23)14-7-5-13(6-8-14)17(21)19-10-9-12-3-1-2-4-15(12)16(19)11-20/h1-8,16,20H,9-11H2,(H2,18,22,23). The summed E-state index contributed by atoms with van der Waals surface area (Å²) in [5.41, 5.74) is 2.44. The van der Waals surface area contributed by atoms with Gasteiger partial charge in [0.2, 0.25) is 10.0 Å². The Hall–Kier alpha value is -2.22. The molecule has 1 aliphatic heterocycles. The van der Waals surface area contributed by atoms with Gasteiger partial charge in [0.25, 0.3) is 5.91 Å². The molecule has 3 rings (SSSR count). The number of aliphatic hydroxyl groups is 1. The molecule has 2 aromatic carbocycles. The van der Waals surface area contributed by atoms with Gasteiger partial charge < -0.3 is 10.0 Å². The van der Waals surface area contributed by atoms with Gasteiger partial charge in [-0.25, -0.2) is 13.6 Å². The molecule has 0 aliphatic carbocycles. The molecule has 2 aromatic rings. The van der Waals surface area contributed by atoms with Gasteiger partial charge in [-0.3, -0.25) is 4.79 Å². The molecular formula is C17H18N2O4S. The molecule has 1 unspecified atom stereocenters. The lowest BCUT2D eigenvalue weighted by molar-refractivity contribution is 0.0568. The van der Waals surface area contributed by atoms with Gasteiger partial charge in [0, 0.05) is 12.1 Å². The van der Waals surface area contributed by atoms with Crippen LogP contribution in [0.25, 0.3) is 0 Å². The second-order valence-electron chi connectivity index (χ2n) is 5.72. The molecule has 0 saturated heterocycles. The fraction of sp³-hybridized carbons (Fsp3) is 0.235. The lowest BCUT2D eigenvalue weighted by Gasteiger charge is -2.36. The number of benzene rings is 2. The number of amides is 1. The first kappa shape index (κ1) is 16.6. The van der Waals surface area contributed by atoms with Crippen LogP contribution in [0.4, 0.5) is 0 Å². The van der Waals surface area contributed by atoms with Gasteiger partial charge in [-0.2, -0.15) is 0 Å². The number of rotatable bonds is 3. The molecule has 1 amide bonds. The Labute approximate surface area is 140 Å². The number of nitrogens with two attached hydrogens (primary N) is 1. The van der Waals surface area contributed by atoms with Crippen LogP contribution in [0.3, 0.4) is 0 Å². The average Bonchev–Trinajstić information content (AvgIpc) is 2.59. The highest BCUT2D eigenvalue weighted by Gasteiger charge is 2.30. The van der Waals surface area contributed by atoms with Crippen LogP contribution < -0.4 is 5.14 Å². The number of carbonyl (C=O) groups is 1. The van der Waals surface area contributed by atoms with E-state index in [1.807, 2.05) is 24.3 Å². The summed E-state index contributed by atoms with van der Waals surface area (Å²) in [6.07, 6.45) is 0.716. The Morgan fingerprint density at radius 1 is 1.17 bits per heavy atom. The lowest BCUT2D eigenvalue weighted by Crippen LogP contribution is -2.41. The second-order valence-corrected chi connectivity index (χ2v) is 7.28. The van der Waals surface area contributed by atoms with Gasteiger partial charge in [-0.15, -0.1) is 0 Å². The van der Waals surface area contributed by atoms with Crippen LogP contribution in [0.2, 0.25) is 0 Å². The van der Waals surface area contributed by atoms with Crippen molar-refractivity contribution in [1.29, 1.82) is 0 Å². The second kappa shape index (κ2) is 6.35. The first-order valence-corrected chi connectivity index (χ1v) is 9.09. The molecule has 1 heterocycles. The number of nitrogens with zero attached hydrogens (tertiary/aromatic N) is 1. The van der Waals surface area contributed by atoms with Crippen molar-refractivity contribution in [2.75, 3.05) is 13.2 Å². The van der Waals surface area contributed by atoms with Crippen molar-refractivity contribution in [1.82, 2.24) is 4.90 Å². The minimum atomic E-state index is -3.79. The maximum atomic E-state index is 12.8. The third-order valence-electron chi connectivity index (χ3n) is 4.28. The van der Waals surface area contributed by atoms with Crippen LogP contribution in [0.15, 0.2) is 53.4 Å². The zero-order chi connectivity index (χ0) is 17.3. The minimum Gasteiger partial charge on any atom is -0.394 e. The van der Waals surface area contributed by atoms with E-state index in [1.54, 1.807) is 4.90 Å². The van der Waals surface area contributed by atoms with E-state index in [1.165, 1.54) is 24.3 Å². The summed E-state index contributed by atoms with van der Waals surface area (Å²) in [6, 6.07) is 12.9. The van der Waals surface area contributed by atoms with Gasteiger partial charge in [-0.1, -0.05) is 24.3 Å². The van der Waals surface area contributed by atoms with Crippen LogP contribution in [-0.4, -0.2) is 37.5 Å². The Kier molecular flexibility index (Phi) is 4.40. The highest BCUT2D eigenvalue weighted by molar-refractivity contribution is 7.89. The predicted octanol–water partition coefficient (Wildman–Crippen LogP) is 1.07. The van der Waals surface area contributed by atoms with Crippen molar-refractivity contribution in [3.05, 3.63) is 65.2 Å². The molecular weight excluding hydrogens is 328 g/mol. The topological polar surface area (TPSA) is 101 Å². The van der Waals surface area contributed by atoms with E-state index >= 15 is 0 Å². The van der Waals surface area contributed by atoms with E-state index in [0.29, 0.717) is 18.5 Å². The first-order valence-electron chi connectivity index (χ1n) is 7.54. The van der Waals surface area contributed by atoms with Gasteiger partial charge in [0.15, 0.2) is 0 Å². The van der Waals surface area contributed by atoms with E-state index in [-0.39, 0.29) is 17.4 Å². The van der Waals surface area contributed by atoms with Crippen LogP contribution in [0.1, 0.15) is 27.5 Å². The molecule has 0 radical (unpaired) electrons. The number of hydrogen-bond donors (Lipinski definition) is 2. The summed E-state index contributed by atoms with van der Waals surface area (Å²) >= 11 is 0. The number of aliphatic hydroxyl groups excluding tert-OH is 1. The summed E-state index contributed by atoms with van der Waals surface area (Å²) in [7, 11) is -3.79. The average molecular weight is 346 g/mol. The van der Waals surface area contributed by atoms with Crippen molar-refractivity contribution < 1.29 is 18.3 Å². The molecule has 0 spiro atoms. The van der Waals surface area contributed by atoms with Crippen LogP contribution in [0.5, 0.6) is 0 Å². The summed E-state index contributed by atoms with van der Waals surface area (Å²) in [6.45, 7) is 0.329. The van der Waals surface area contributed by atoms with Gasteiger partial charge in [0.05, 0.1) is 17.5 Å². The molecule has 0 bridgehead atoms. The SMILES string of the molecule is NS(=O)(=O)c1ccc(C(=O)N2CCc3ccccc3C2CO)cc1. The van der Waals surface area contributed by atoms with Crippen molar-refractivity contribution in [2.45, 2.75) is 17.4 Å². The van der Waals surface area contributed by atoms with E-state index in [2.05, 4.69) is 0 Å². The molecule has 1 atom stereocenters. The Morgan fingerprint density at radius 3 is 2.46 bits per heavy atom. The maximum absolute atomic E-state index is 12.8. The Bertz CT molecular complexity index is 862. The lowest BCUT2D eigenvalue weighted by atomic mass is 9.92. The van der Waals surface area contributed by atoms with E-state index in [4.69, 9.17) is 5.14 Å². The molecule has 0 aromatic heterocycles. The zero-order valence-corrected chi connectivity index (χ0v) is 13.7. The maximum Gasteiger partial charge on any atom is 0.254 e.